The maximum atomic E-state index is 13.7. The van der Waals surface area contributed by atoms with Gasteiger partial charge in [-0.2, -0.15) is 4.31 Å². The van der Waals surface area contributed by atoms with E-state index < -0.39 is 10.0 Å². The van der Waals surface area contributed by atoms with Gasteiger partial charge in [0.15, 0.2) is 11.5 Å². The molecule has 0 amide bonds. The fourth-order valence-corrected chi connectivity index (χ4v) is 6.67. The van der Waals surface area contributed by atoms with Gasteiger partial charge in [0.1, 0.15) is 0 Å². The fraction of sp³-hybridized carbons (Fsp3) is 0.500. The molecule has 1 saturated carbocycles. The lowest BCUT2D eigenvalue weighted by Gasteiger charge is -2.42. The van der Waals surface area contributed by atoms with E-state index in [0.29, 0.717) is 35.3 Å². The average Bonchev–Trinajstić information content (AvgIpc) is 2.78. The van der Waals surface area contributed by atoms with Gasteiger partial charge in [-0.25, -0.2) is 8.42 Å². The molecule has 4 rings (SSSR count). The summed E-state index contributed by atoms with van der Waals surface area (Å²) in [7, 11) is -0.327. The number of rotatable bonds is 5. The molecule has 1 atom stereocenters. The van der Waals surface area contributed by atoms with Gasteiger partial charge in [0.2, 0.25) is 10.0 Å². The molecule has 1 heterocycles. The Morgan fingerprint density at radius 1 is 0.933 bits per heavy atom. The molecule has 0 bridgehead atoms. The van der Waals surface area contributed by atoms with Crippen molar-refractivity contribution in [3.05, 3.63) is 53.1 Å². The highest BCUT2D eigenvalue weighted by molar-refractivity contribution is 7.89. The largest absolute Gasteiger partial charge is 0.493 e. The van der Waals surface area contributed by atoms with Crippen LogP contribution in [-0.2, 0) is 16.4 Å². The lowest BCUT2D eigenvalue weighted by atomic mass is 9.78. The first-order chi connectivity index (χ1) is 14.5. The maximum absolute atomic E-state index is 13.7. The zero-order chi connectivity index (χ0) is 21.3. The molecule has 162 valence electrons. The Balaban J connectivity index is 1.82. The zero-order valence-corrected chi connectivity index (χ0v) is 18.9. The number of hydrogen-bond acceptors (Lipinski definition) is 4. The Kier molecular flexibility index (Phi) is 6.07. The summed E-state index contributed by atoms with van der Waals surface area (Å²) in [6.45, 7) is 2.46. The molecule has 0 saturated heterocycles. The molecule has 2 aromatic rings. The third-order valence-corrected chi connectivity index (χ3v) is 8.49. The molecule has 6 heteroatoms. The second-order valence-corrected chi connectivity index (χ2v) is 10.3. The molecule has 0 spiro atoms. The summed E-state index contributed by atoms with van der Waals surface area (Å²) in [5.74, 6) is 1.68. The van der Waals surface area contributed by atoms with Crippen molar-refractivity contribution in [3.63, 3.8) is 0 Å². The van der Waals surface area contributed by atoms with Crippen molar-refractivity contribution in [1.82, 2.24) is 4.31 Å². The van der Waals surface area contributed by atoms with Crippen LogP contribution < -0.4 is 9.47 Å². The Labute approximate surface area is 180 Å². The molecule has 0 radical (unpaired) electrons. The van der Waals surface area contributed by atoms with E-state index in [1.807, 2.05) is 31.2 Å². The second-order valence-electron chi connectivity index (χ2n) is 8.43. The molecule has 30 heavy (non-hydrogen) atoms. The summed E-state index contributed by atoms with van der Waals surface area (Å²) < 4.78 is 40.2. The maximum Gasteiger partial charge on any atom is 0.243 e. The quantitative estimate of drug-likeness (QED) is 0.680. The lowest BCUT2D eigenvalue weighted by Crippen LogP contribution is -2.43. The summed E-state index contributed by atoms with van der Waals surface area (Å²) in [6.07, 6.45) is 6.32. The second kappa shape index (κ2) is 8.60. The Bertz CT molecular complexity index is 995. The van der Waals surface area contributed by atoms with Gasteiger partial charge in [0, 0.05) is 6.54 Å². The first-order valence-electron chi connectivity index (χ1n) is 10.8. The minimum atomic E-state index is -3.59. The van der Waals surface area contributed by atoms with Gasteiger partial charge in [0.25, 0.3) is 0 Å². The number of fused-ring (bicyclic) bond motifs is 1. The Morgan fingerprint density at radius 3 is 2.20 bits per heavy atom. The van der Waals surface area contributed by atoms with Gasteiger partial charge in [-0.05, 0) is 67.5 Å². The van der Waals surface area contributed by atoms with Crippen LogP contribution in [0.2, 0.25) is 0 Å². The first-order valence-corrected chi connectivity index (χ1v) is 12.2. The van der Waals surface area contributed by atoms with Crippen LogP contribution in [0.15, 0.2) is 41.3 Å². The van der Waals surface area contributed by atoms with Crippen molar-refractivity contribution < 1.29 is 17.9 Å². The van der Waals surface area contributed by atoms with Crippen LogP contribution in [0.1, 0.15) is 54.8 Å². The minimum Gasteiger partial charge on any atom is -0.493 e. The van der Waals surface area contributed by atoms with Gasteiger partial charge in [-0.15, -0.1) is 0 Å². The number of ether oxygens (including phenoxy) is 2. The van der Waals surface area contributed by atoms with E-state index in [9.17, 15) is 8.42 Å². The molecule has 1 fully saturated rings. The van der Waals surface area contributed by atoms with Gasteiger partial charge < -0.3 is 9.47 Å². The summed E-state index contributed by atoms with van der Waals surface area (Å²) in [5.41, 5.74) is 3.29. The average molecular weight is 430 g/mol. The van der Waals surface area contributed by atoms with Gasteiger partial charge in [-0.1, -0.05) is 37.0 Å². The van der Waals surface area contributed by atoms with Crippen molar-refractivity contribution in [3.8, 4) is 11.5 Å². The molecule has 1 aliphatic heterocycles. The first kappa shape index (κ1) is 21.2. The number of methoxy groups -OCH3 is 2. The summed E-state index contributed by atoms with van der Waals surface area (Å²) in [6, 6.07) is 11.1. The number of benzene rings is 2. The summed E-state index contributed by atoms with van der Waals surface area (Å²) >= 11 is 0. The number of aryl methyl sites for hydroxylation is 1. The van der Waals surface area contributed by atoms with Crippen molar-refractivity contribution in [2.75, 3.05) is 20.8 Å². The fourth-order valence-electron chi connectivity index (χ4n) is 5.01. The van der Waals surface area contributed by atoms with E-state index in [2.05, 4.69) is 0 Å². The summed E-state index contributed by atoms with van der Waals surface area (Å²) in [4.78, 5) is 0.373. The van der Waals surface area contributed by atoms with E-state index in [0.717, 1.165) is 36.8 Å². The molecule has 5 nitrogen and oxygen atoms in total. The number of nitrogens with zero attached hydrogens (tertiary/aromatic N) is 1. The summed E-state index contributed by atoms with van der Waals surface area (Å²) in [5, 5.41) is 0. The third kappa shape index (κ3) is 3.83. The van der Waals surface area contributed by atoms with E-state index in [4.69, 9.17) is 9.47 Å². The third-order valence-electron chi connectivity index (χ3n) is 6.60. The van der Waals surface area contributed by atoms with Gasteiger partial charge in [0.05, 0.1) is 25.2 Å². The van der Waals surface area contributed by atoms with Crippen LogP contribution in [0, 0.1) is 12.8 Å². The van der Waals surface area contributed by atoms with Crippen molar-refractivity contribution in [2.24, 2.45) is 5.92 Å². The highest BCUT2D eigenvalue weighted by atomic mass is 32.2. The number of sulfonamides is 1. The molecule has 1 aliphatic carbocycles. The molecule has 2 aliphatic rings. The van der Waals surface area contributed by atoms with Crippen LogP contribution >= 0.6 is 0 Å². The Morgan fingerprint density at radius 2 is 1.57 bits per heavy atom. The Hall–Kier alpha value is -2.05. The molecular formula is C24H31NO4S. The molecular weight excluding hydrogens is 398 g/mol. The van der Waals surface area contributed by atoms with Crippen LogP contribution in [0.25, 0.3) is 0 Å². The van der Waals surface area contributed by atoms with Crippen LogP contribution in [0.5, 0.6) is 11.5 Å². The standard InChI is InChI=1S/C24H31NO4S/c1-17-9-11-20(12-10-17)30(26,27)25-14-13-19-15-22(28-2)23(29-3)16-21(19)24(25)18-7-5-4-6-8-18/h9-12,15-16,18,24H,4-8,13-14H2,1-3H3. The van der Waals surface area contributed by atoms with E-state index >= 15 is 0 Å². The highest BCUT2D eigenvalue weighted by Crippen LogP contribution is 2.46. The smallest absolute Gasteiger partial charge is 0.243 e. The topological polar surface area (TPSA) is 55.8 Å². The van der Waals surface area contributed by atoms with Crippen LogP contribution in [0.3, 0.4) is 0 Å². The van der Waals surface area contributed by atoms with Gasteiger partial charge >= 0.3 is 0 Å². The normalized spacial score (nSPS) is 20.6. The minimum absolute atomic E-state index is 0.167. The molecule has 0 N–H and O–H groups in total. The monoisotopic (exact) mass is 429 g/mol. The predicted molar refractivity (Wildman–Crippen MR) is 118 cm³/mol. The molecule has 2 aromatic carbocycles. The number of hydrogen-bond donors (Lipinski definition) is 0. The zero-order valence-electron chi connectivity index (χ0n) is 18.1. The van der Waals surface area contributed by atoms with Crippen molar-refractivity contribution in [2.45, 2.75) is 56.4 Å². The van der Waals surface area contributed by atoms with Crippen molar-refractivity contribution in [1.29, 1.82) is 0 Å². The van der Waals surface area contributed by atoms with Crippen LogP contribution in [0.4, 0.5) is 0 Å². The van der Waals surface area contributed by atoms with E-state index in [1.54, 1.807) is 30.7 Å². The van der Waals surface area contributed by atoms with Crippen LogP contribution in [-0.4, -0.2) is 33.5 Å². The SMILES string of the molecule is COc1cc2c(cc1OC)C(C1CCCCC1)N(S(=O)(=O)c1ccc(C)cc1)CC2. The van der Waals surface area contributed by atoms with Crippen molar-refractivity contribution >= 4 is 10.0 Å². The molecule has 1 unspecified atom stereocenters. The van der Waals surface area contributed by atoms with Gasteiger partial charge in [-0.3, -0.25) is 0 Å². The lowest BCUT2D eigenvalue weighted by molar-refractivity contribution is 0.182. The highest BCUT2D eigenvalue weighted by Gasteiger charge is 2.41. The van der Waals surface area contributed by atoms with E-state index in [-0.39, 0.29) is 6.04 Å². The molecule has 0 aromatic heterocycles. The predicted octanol–water partition coefficient (Wildman–Crippen LogP) is 4.88. The van der Waals surface area contributed by atoms with E-state index in [1.165, 1.54) is 12.0 Å².